The van der Waals surface area contributed by atoms with Gasteiger partial charge < -0.3 is 10.1 Å². The van der Waals surface area contributed by atoms with Gasteiger partial charge in [-0.05, 0) is 47.5 Å². The number of rotatable bonds is 6. The summed E-state index contributed by atoms with van der Waals surface area (Å²) < 4.78 is 7.32. The van der Waals surface area contributed by atoms with Crippen LogP contribution in [-0.4, -0.2) is 36.3 Å². The zero-order chi connectivity index (χ0) is 23.4. The Kier molecular flexibility index (Phi) is 6.39. The van der Waals surface area contributed by atoms with Crippen LogP contribution in [0.2, 0.25) is 0 Å². The summed E-state index contributed by atoms with van der Waals surface area (Å²) >= 11 is 0. The molecule has 2 heterocycles. The molecule has 0 aliphatic carbocycles. The minimum Gasteiger partial charge on any atom is -0.410 e. The fraction of sp³-hybridized carbons (Fsp3) is 0.250. The lowest BCUT2D eigenvalue weighted by Gasteiger charge is -2.15. The fourth-order valence-corrected chi connectivity index (χ4v) is 3.35. The first kappa shape index (κ1) is 22.1. The molecule has 0 aliphatic heterocycles. The summed E-state index contributed by atoms with van der Waals surface area (Å²) in [4.78, 5) is 20.6. The van der Waals surface area contributed by atoms with E-state index in [1.54, 1.807) is 23.1 Å². The second-order valence-corrected chi connectivity index (χ2v) is 8.11. The number of hydrogen-bond donors (Lipinski definition) is 1. The van der Waals surface area contributed by atoms with Crippen molar-refractivity contribution in [3.05, 3.63) is 78.1 Å². The van der Waals surface area contributed by atoms with Gasteiger partial charge in [0, 0.05) is 29.9 Å². The second kappa shape index (κ2) is 9.56. The van der Waals surface area contributed by atoms with Crippen molar-refractivity contribution in [1.82, 2.24) is 35.5 Å². The molecule has 168 valence electrons. The molecule has 2 aromatic carbocycles. The number of tetrazole rings is 1. The highest BCUT2D eigenvalue weighted by Crippen LogP contribution is 2.29. The Bertz CT molecular complexity index is 1240. The van der Waals surface area contributed by atoms with Gasteiger partial charge in [-0.15, -0.1) is 5.10 Å². The van der Waals surface area contributed by atoms with Crippen LogP contribution in [0.3, 0.4) is 0 Å². The van der Waals surface area contributed by atoms with Crippen LogP contribution in [-0.2, 0) is 0 Å². The number of aryl methyl sites for hydroxylation is 1. The van der Waals surface area contributed by atoms with Crippen LogP contribution in [0.4, 0.5) is 4.79 Å². The van der Waals surface area contributed by atoms with E-state index < -0.39 is 6.09 Å². The molecule has 0 saturated heterocycles. The van der Waals surface area contributed by atoms with E-state index in [1.807, 2.05) is 64.1 Å². The lowest BCUT2D eigenvalue weighted by Crippen LogP contribution is -2.29. The third kappa shape index (κ3) is 5.20. The number of nitrogens with zero attached hydrogens (tertiary/aromatic N) is 6. The van der Waals surface area contributed by atoms with Gasteiger partial charge in [0.2, 0.25) is 0 Å². The number of carbonyl (C=O) groups is 1. The Labute approximate surface area is 191 Å². The number of benzene rings is 2. The van der Waals surface area contributed by atoms with E-state index in [9.17, 15) is 4.79 Å². The van der Waals surface area contributed by atoms with Crippen LogP contribution in [0.25, 0.3) is 16.8 Å². The van der Waals surface area contributed by atoms with Crippen molar-refractivity contribution < 1.29 is 9.53 Å². The monoisotopic (exact) mass is 443 g/mol. The Morgan fingerprint density at radius 3 is 2.42 bits per heavy atom. The summed E-state index contributed by atoms with van der Waals surface area (Å²) in [5, 5.41) is 14.9. The lowest BCUT2D eigenvalue weighted by atomic mass is 10.0. The first-order valence-electron chi connectivity index (χ1n) is 10.6. The Hall–Kier alpha value is -4.14. The summed E-state index contributed by atoms with van der Waals surface area (Å²) in [5.41, 5.74) is 4.51. The molecule has 0 aliphatic rings. The minimum absolute atomic E-state index is 0.115. The van der Waals surface area contributed by atoms with Crippen LogP contribution in [0.5, 0.6) is 5.75 Å². The zero-order valence-electron chi connectivity index (χ0n) is 18.9. The van der Waals surface area contributed by atoms with Crippen molar-refractivity contribution in [1.29, 1.82) is 0 Å². The third-order valence-electron chi connectivity index (χ3n) is 5.16. The van der Waals surface area contributed by atoms with E-state index in [2.05, 4.69) is 30.8 Å². The third-order valence-corrected chi connectivity index (χ3v) is 5.16. The first-order valence-corrected chi connectivity index (χ1v) is 10.6. The summed E-state index contributed by atoms with van der Waals surface area (Å²) in [6.07, 6.45) is 4.16. The van der Waals surface area contributed by atoms with Gasteiger partial charge in [-0.3, -0.25) is 0 Å². The van der Waals surface area contributed by atoms with Crippen molar-refractivity contribution >= 4 is 6.09 Å². The van der Waals surface area contributed by atoms with Gasteiger partial charge in [0.05, 0.1) is 11.7 Å². The maximum atomic E-state index is 12.6. The van der Waals surface area contributed by atoms with Crippen LogP contribution in [0.1, 0.15) is 49.7 Å². The number of amides is 1. The molecule has 0 bridgehead atoms. The van der Waals surface area contributed by atoms with Gasteiger partial charge in [-0.1, -0.05) is 43.7 Å². The van der Waals surface area contributed by atoms with Crippen molar-refractivity contribution in [2.45, 2.75) is 39.7 Å². The standard InChI is InChI=1S/C24H25N7O2/c1-15(2)23-28-29-30-31(23)21-9-19(18-7-5-16(3)6-8-18)10-22(11-21)33-24(32)27-17(4)20-12-25-14-26-13-20/h5-15,17H,1-4H3,(H,27,32). The molecule has 1 N–H and O–H groups in total. The average molecular weight is 444 g/mol. The summed E-state index contributed by atoms with van der Waals surface area (Å²) in [5.74, 6) is 1.20. The smallest absolute Gasteiger partial charge is 0.410 e. The SMILES string of the molecule is Cc1ccc(-c2cc(OC(=O)NC(C)c3cncnc3)cc(-n3nnnc3C(C)C)c2)cc1. The highest BCUT2D eigenvalue weighted by atomic mass is 16.6. The molecule has 0 spiro atoms. The second-order valence-electron chi connectivity index (χ2n) is 8.11. The minimum atomic E-state index is -0.584. The number of aromatic nitrogens is 6. The number of carbonyl (C=O) groups excluding carboxylic acids is 1. The number of ether oxygens (including phenoxy) is 1. The predicted molar refractivity (Wildman–Crippen MR) is 123 cm³/mol. The average Bonchev–Trinajstić information content (AvgIpc) is 3.30. The summed E-state index contributed by atoms with van der Waals surface area (Å²) in [6.45, 7) is 7.91. The van der Waals surface area contributed by atoms with Crippen LogP contribution < -0.4 is 10.1 Å². The molecule has 1 atom stereocenters. The van der Waals surface area contributed by atoms with Gasteiger partial charge in [0.15, 0.2) is 5.82 Å². The van der Waals surface area contributed by atoms with E-state index in [-0.39, 0.29) is 12.0 Å². The molecule has 4 aromatic rings. The molecular formula is C24H25N7O2. The predicted octanol–water partition coefficient (Wildman–Crippen LogP) is 4.40. The summed E-state index contributed by atoms with van der Waals surface area (Å²) in [6, 6.07) is 13.4. The topological polar surface area (TPSA) is 108 Å². The van der Waals surface area contributed by atoms with E-state index in [4.69, 9.17) is 4.74 Å². The Morgan fingerprint density at radius 2 is 1.73 bits per heavy atom. The molecule has 9 nitrogen and oxygen atoms in total. The van der Waals surface area contributed by atoms with E-state index >= 15 is 0 Å². The zero-order valence-corrected chi connectivity index (χ0v) is 18.9. The molecule has 0 radical (unpaired) electrons. The van der Waals surface area contributed by atoms with Crippen molar-refractivity contribution in [2.24, 2.45) is 0 Å². The van der Waals surface area contributed by atoms with Gasteiger partial charge in [-0.2, -0.15) is 4.68 Å². The number of nitrogens with one attached hydrogen (secondary N) is 1. The number of hydrogen-bond acceptors (Lipinski definition) is 7. The molecule has 0 saturated carbocycles. The lowest BCUT2D eigenvalue weighted by molar-refractivity contribution is 0.197. The Morgan fingerprint density at radius 1 is 1.00 bits per heavy atom. The van der Waals surface area contributed by atoms with Gasteiger partial charge in [0.25, 0.3) is 0 Å². The molecule has 2 aromatic heterocycles. The first-order chi connectivity index (χ1) is 15.9. The summed E-state index contributed by atoms with van der Waals surface area (Å²) in [7, 11) is 0. The van der Waals surface area contributed by atoms with Crippen molar-refractivity contribution in [3.8, 4) is 22.6 Å². The van der Waals surface area contributed by atoms with Gasteiger partial charge in [-0.25, -0.2) is 14.8 Å². The van der Waals surface area contributed by atoms with Crippen molar-refractivity contribution in [3.63, 3.8) is 0 Å². The molecule has 9 heteroatoms. The largest absolute Gasteiger partial charge is 0.413 e. The Balaban J connectivity index is 1.66. The highest BCUT2D eigenvalue weighted by Gasteiger charge is 2.17. The highest BCUT2D eigenvalue weighted by molar-refractivity contribution is 5.74. The molecule has 4 rings (SSSR count). The van der Waals surface area contributed by atoms with Crippen molar-refractivity contribution in [2.75, 3.05) is 0 Å². The molecule has 0 fully saturated rings. The van der Waals surface area contributed by atoms with Crippen LogP contribution >= 0.6 is 0 Å². The van der Waals surface area contributed by atoms with Gasteiger partial charge in [0.1, 0.15) is 12.1 Å². The van der Waals surface area contributed by atoms with E-state index in [0.717, 1.165) is 22.3 Å². The van der Waals surface area contributed by atoms with E-state index in [1.165, 1.54) is 6.33 Å². The maximum Gasteiger partial charge on any atom is 0.413 e. The van der Waals surface area contributed by atoms with Gasteiger partial charge >= 0.3 is 6.09 Å². The fourth-order valence-electron chi connectivity index (χ4n) is 3.35. The quantitative estimate of drug-likeness (QED) is 0.470. The van der Waals surface area contributed by atoms with E-state index in [0.29, 0.717) is 17.3 Å². The normalized spacial score (nSPS) is 11.9. The van der Waals surface area contributed by atoms with Crippen LogP contribution in [0, 0.1) is 6.92 Å². The van der Waals surface area contributed by atoms with Crippen LogP contribution in [0.15, 0.2) is 61.2 Å². The maximum absolute atomic E-state index is 12.6. The molecular weight excluding hydrogens is 418 g/mol. The molecule has 1 unspecified atom stereocenters. The molecule has 1 amide bonds. The molecule has 33 heavy (non-hydrogen) atoms.